The zero-order chi connectivity index (χ0) is 33.2. The van der Waals surface area contributed by atoms with Crippen LogP contribution in [0.15, 0.2) is 65.1 Å². The molecule has 0 spiro atoms. The number of hydrogen-bond acceptors (Lipinski definition) is 7. The first-order chi connectivity index (χ1) is 21.6. The number of fused-ring (bicyclic) bond motifs is 1. The summed E-state index contributed by atoms with van der Waals surface area (Å²) in [4.78, 5) is 27.1. The van der Waals surface area contributed by atoms with Crippen molar-refractivity contribution in [2.75, 3.05) is 24.2 Å². The molecule has 1 N–H and O–H groups in total. The van der Waals surface area contributed by atoms with Crippen molar-refractivity contribution >= 4 is 51.0 Å². The van der Waals surface area contributed by atoms with Crippen LogP contribution in [0, 0.1) is 5.82 Å². The van der Waals surface area contributed by atoms with E-state index in [0.29, 0.717) is 33.2 Å². The van der Waals surface area contributed by atoms with E-state index in [1.54, 1.807) is 36.4 Å². The van der Waals surface area contributed by atoms with E-state index in [-0.39, 0.29) is 22.8 Å². The summed E-state index contributed by atoms with van der Waals surface area (Å²) in [5.74, 6) is -1.01. The lowest BCUT2D eigenvalue weighted by Crippen LogP contribution is -2.41. The minimum Gasteiger partial charge on any atom is -0.455 e. The van der Waals surface area contributed by atoms with E-state index in [1.807, 2.05) is 27.7 Å². The Labute approximate surface area is 268 Å². The fourth-order valence-electron chi connectivity index (χ4n) is 5.76. The summed E-state index contributed by atoms with van der Waals surface area (Å²) in [5.41, 5.74) is 1.55. The van der Waals surface area contributed by atoms with E-state index < -0.39 is 52.4 Å². The van der Waals surface area contributed by atoms with Crippen LogP contribution >= 0.6 is 0 Å². The van der Waals surface area contributed by atoms with E-state index in [0.717, 1.165) is 23.4 Å². The van der Waals surface area contributed by atoms with E-state index >= 15 is 0 Å². The smallest absolute Gasteiger partial charge is 0.455 e. The quantitative estimate of drug-likeness (QED) is 0.191. The molecule has 0 radical (unpaired) electrons. The molecule has 2 aliphatic rings. The first-order valence-electron chi connectivity index (χ1n) is 15.1. The lowest BCUT2D eigenvalue weighted by Gasteiger charge is -2.32. The number of benzene rings is 3. The maximum absolute atomic E-state index is 14.0. The topological polar surface area (TPSA) is 115 Å². The fraction of sp³-hybridized carbons (Fsp3) is 0.353. The van der Waals surface area contributed by atoms with Crippen molar-refractivity contribution in [3.05, 3.63) is 83.2 Å². The standard InChI is InChI=1S/C34H36BFN2O7S/c1-33(2)34(3,4)45-35(44-33)26-10-8-7-9-23(26)28(39)19-38(46(6,41)42)27-18-29-25(17-24(27)20-11-12-20)30(32(40)37-5)31(43-29)21-13-15-22(36)16-14-21/h7-10,13-18,20H,11-12,19H2,1-6H3,(H,37,40). The van der Waals surface area contributed by atoms with Crippen LogP contribution in [0.3, 0.4) is 0 Å². The molecule has 46 heavy (non-hydrogen) atoms. The van der Waals surface area contributed by atoms with Crippen molar-refractivity contribution in [2.45, 2.75) is 57.7 Å². The Morgan fingerprint density at radius 1 is 1.00 bits per heavy atom. The van der Waals surface area contributed by atoms with Crippen LogP contribution in [0.5, 0.6) is 0 Å². The number of sulfonamides is 1. The fourth-order valence-corrected chi connectivity index (χ4v) is 6.63. The molecule has 4 aromatic rings. The number of ketones is 1. The highest BCUT2D eigenvalue weighted by molar-refractivity contribution is 7.92. The molecule has 1 aliphatic heterocycles. The zero-order valence-electron chi connectivity index (χ0n) is 26.6. The SMILES string of the molecule is CNC(=O)c1c(-c2ccc(F)cc2)oc2cc(N(CC(=O)c3ccccc3B3OC(C)(C)C(C)(C)O3)S(C)(=O)=O)c(C3CC3)cc12. The molecule has 0 bridgehead atoms. The Morgan fingerprint density at radius 2 is 1.63 bits per heavy atom. The Balaban J connectivity index is 1.45. The summed E-state index contributed by atoms with van der Waals surface area (Å²) in [6.45, 7) is 7.20. The van der Waals surface area contributed by atoms with E-state index in [2.05, 4.69) is 5.32 Å². The minimum atomic E-state index is -3.98. The first-order valence-corrected chi connectivity index (χ1v) is 17.0. The second kappa shape index (κ2) is 11.4. The zero-order valence-corrected chi connectivity index (χ0v) is 27.5. The van der Waals surface area contributed by atoms with E-state index in [9.17, 15) is 22.4 Å². The van der Waals surface area contributed by atoms with Crippen molar-refractivity contribution in [2.24, 2.45) is 0 Å². The van der Waals surface area contributed by atoms with Gasteiger partial charge in [-0.25, -0.2) is 12.8 Å². The Hall–Kier alpha value is -4.00. The largest absolute Gasteiger partial charge is 0.495 e. The van der Waals surface area contributed by atoms with Gasteiger partial charge in [0.15, 0.2) is 5.78 Å². The molecule has 1 aliphatic carbocycles. The number of carbonyl (C=O) groups is 2. The molecular formula is C34H36BFN2O7S. The third-order valence-corrected chi connectivity index (χ3v) is 10.3. The van der Waals surface area contributed by atoms with Gasteiger partial charge in [0.2, 0.25) is 10.0 Å². The second-order valence-corrected chi connectivity index (χ2v) is 14.8. The van der Waals surface area contributed by atoms with Gasteiger partial charge in [-0.2, -0.15) is 0 Å². The maximum Gasteiger partial charge on any atom is 0.495 e. The highest BCUT2D eigenvalue weighted by Crippen LogP contribution is 2.48. The molecule has 240 valence electrons. The molecule has 1 amide bonds. The molecule has 1 aromatic heterocycles. The number of hydrogen-bond donors (Lipinski definition) is 1. The average Bonchev–Trinajstić information content (AvgIpc) is 3.73. The van der Waals surface area contributed by atoms with Gasteiger partial charge in [-0.1, -0.05) is 24.3 Å². The molecule has 9 nitrogen and oxygen atoms in total. The van der Waals surface area contributed by atoms with Crippen LogP contribution in [0.2, 0.25) is 0 Å². The van der Waals surface area contributed by atoms with Crippen LogP contribution in [-0.4, -0.2) is 58.3 Å². The summed E-state index contributed by atoms with van der Waals surface area (Å²) in [7, 11) is -3.29. The first kappa shape index (κ1) is 32.0. The van der Waals surface area contributed by atoms with E-state index in [1.165, 1.54) is 31.3 Å². The monoisotopic (exact) mass is 646 g/mol. The summed E-state index contributed by atoms with van der Waals surface area (Å²) in [5, 5.41) is 3.14. The van der Waals surface area contributed by atoms with Crippen molar-refractivity contribution in [1.29, 1.82) is 0 Å². The minimum absolute atomic E-state index is 0.0394. The maximum atomic E-state index is 14.0. The summed E-state index contributed by atoms with van der Waals surface area (Å²) in [6.07, 6.45) is 2.71. The Bertz CT molecular complexity index is 1950. The second-order valence-electron chi connectivity index (χ2n) is 12.9. The van der Waals surface area contributed by atoms with Crippen LogP contribution in [0.4, 0.5) is 10.1 Å². The number of furan rings is 1. The van der Waals surface area contributed by atoms with Crippen molar-refractivity contribution in [1.82, 2.24) is 5.32 Å². The number of nitrogens with one attached hydrogen (secondary N) is 1. The molecule has 3 aromatic carbocycles. The van der Waals surface area contributed by atoms with Gasteiger partial charge in [0, 0.05) is 29.6 Å². The summed E-state index contributed by atoms with van der Waals surface area (Å²) in [6, 6.07) is 15.8. The predicted molar refractivity (Wildman–Crippen MR) is 176 cm³/mol. The molecule has 2 fully saturated rings. The highest BCUT2D eigenvalue weighted by atomic mass is 32.2. The molecule has 2 heterocycles. The van der Waals surface area contributed by atoms with Gasteiger partial charge in [0.25, 0.3) is 5.91 Å². The lowest BCUT2D eigenvalue weighted by atomic mass is 9.75. The number of nitrogens with zero attached hydrogens (tertiary/aromatic N) is 1. The molecular weight excluding hydrogens is 610 g/mol. The van der Waals surface area contributed by atoms with Gasteiger partial charge >= 0.3 is 7.12 Å². The number of Topliss-reactive ketones (excluding diaryl/α,β-unsaturated/α-hetero) is 1. The van der Waals surface area contributed by atoms with Crippen LogP contribution in [-0.2, 0) is 19.3 Å². The Kier molecular flexibility index (Phi) is 7.89. The van der Waals surface area contributed by atoms with Crippen molar-refractivity contribution < 1.29 is 36.1 Å². The summed E-state index contributed by atoms with van der Waals surface area (Å²) >= 11 is 0. The van der Waals surface area contributed by atoms with Crippen LogP contribution in [0.1, 0.15) is 72.7 Å². The highest BCUT2D eigenvalue weighted by Gasteiger charge is 2.52. The average molecular weight is 647 g/mol. The van der Waals surface area contributed by atoms with Gasteiger partial charge in [0.1, 0.15) is 17.2 Å². The third kappa shape index (κ3) is 5.74. The Morgan fingerprint density at radius 3 is 2.22 bits per heavy atom. The number of rotatable bonds is 9. The van der Waals surface area contributed by atoms with Crippen LogP contribution < -0.4 is 15.1 Å². The molecule has 12 heteroatoms. The number of amides is 1. The normalized spacial score (nSPS) is 17.3. The summed E-state index contributed by atoms with van der Waals surface area (Å²) < 4.78 is 60.3. The van der Waals surface area contributed by atoms with Crippen molar-refractivity contribution in [3.8, 4) is 11.3 Å². The third-order valence-electron chi connectivity index (χ3n) is 9.14. The molecule has 1 saturated heterocycles. The lowest BCUT2D eigenvalue weighted by molar-refractivity contribution is 0.00578. The molecule has 0 atom stereocenters. The van der Waals surface area contributed by atoms with Crippen molar-refractivity contribution in [3.63, 3.8) is 0 Å². The van der Waals surface area contributed by atoms with Gasteiger partial charge < -0.3 is 19.0 Å². The molecule has 1 saturated carbocycles. The van der Waals surface area contributed by atoms with E-state index in [4.69, 9.17) is 13.7 Å². The van der Waals surface area contributed by atoms with Gasteiger partial charge in [0.05, 0.1) is 35.3 Å². The van der Waals surface area contributed by atoms with Crippen LogP contribution in [0.25, 0.3) is 22.3 Å². The van der Waals surface area contributed by atoms with Gasteiger partial charge in [-0.15, -0.1) is 0 Å². The number of carbonyl (C=O) groups excluding carboxylic acids is 2. The number of anilines is 1. The van der Waals surface area contributed by atoms with Gasteiger partial charge in [-0.05, 0) is 87.8 Å². The number of halogens is 1. The predicted octanol–water partition coefficient (Wildman–Crippen LogP) is 5.42. The molecule has 0 unspecified atom stereocenters. The molecule has 6 rings (SSSR count). The van der Waals surface area contributed by atoms with Gasteiger partial charge in [-0.3, -0.25) is 13.9 Å².